The Labute approximate surface area is 191 Å². The van der Waals surface area contributed by atoms with Crippen molar-refractivity contribution in [2.24, 2.45) is 5.92 Å². The van der Waals surface area contributed by atoms with E-state index in [9.17, 15) is 9.59 Å². The van der Waals surface area contributed by atoms with Crippen molar-refractivity contribution in [2.75, 3.05) is 61.2 Å². The van der Waals surface area contributed by atoms with E-state index in [1.807, 2.05) is 18.2 Å². The molecule has 2 aromatic carbocycles. The third-order valence-electron chi connectivity index (χ3n) is 5.90. The van der Waals surface area contributed by atoms with Gasteiger partial charge in [0.2, 0.25) is 11.8 Å². The number of nitrogens with one attached hydrogen (secondary N) is 1. The standard InChI is InChI=1S/C23H24ClN3O5/c24-16-1-3-19(26-5-7-30-8-6-26)18(12-16)25-23(29)15-11-22(28)27(14-15)17-2-4-20-21(13-17)32-10-9-31-20/h1-4,12-13,15H,5-11,14H2,(H,25,29). The van der Waals surface area contributed by atoms with Crippen LogP contribution < -0.4 is 24.6 Å². The molecule has 1 N–H and O–H groups in total. The number of amides is 2. The van der Waals surface area contributed by atoms with Crippen LogP contribution in [0.1, 0.15) is 6.42 Å². The molecular formula is C23H24ClN3O5. The molecule has 0 aromatic heterocycles. The SMILES string of the molecule is O=C(Nc1cc(Cl)ccc1N1CCOCC1)C1CC(=O)N(c2ccc3c(c2)OCCO3)C1. The Morgan fingerprint density at radius 2 is 1.78 bits per heavy atom. The number of hydrogen-bond donors (Lipinski definition) is 1. The number of carbonyl (C=O) groups excluding carboxylic acids is 2. The van der Waals surface area contributed by atoms with Crippen LogP contribution in [-0.4, -0.2) is 57.9 Å². The van der Waals surface area contributed by atoms with Crippen LogP contribution in [-0.2, 0) is 14.3 Å². The predicted molar refractivity (Wildman–Crippen MR) is 121 cm³/mol. The maximum atomic E-state index is 13.1. The summed E-state index contributed by atoms with van der Waals surface area (Å²) in [6, 6.07) is 10.9. The van der Waals surface area contributed by atoms with Crippen molar-refractivity contribution in [1.82, 2.24) is 0 Å². The monoisotopic (exact) mass is 457 g/mol. The molecule has 0 radical (unpaired) electrons. The Morgan fingerprint density at radius 3 is 2.59 bits per heavy atom. The normalized spacial score (nSPS) is 20.4. The number of hydrogen-bond acceptors (Lipinski definition) is 6. The number of benzene rings is 2. The lowest BCUT2D eigenvalue weighted by atomic mass is 10.1. The first-order valence-corrected chi connectivity index (χ1v) is 11.1. The molecule has 2 saturated heterocycles. The van der Waals surface area contributed by atoms with Gasteiger partial charge in [-0.3, -0.25) is 9.59 Å². The Hall–Kier alpha value is -2.97. The molecule has 168 valence electrons. The minimum atomic E-state index is -0.466. The minimum absolute atomic E-state index is 0.0960. The molecule has 3 aliphatic heterocycles. The van der Waals surface area contributed by atoms with E-state index in [2.05, 4.69) is 10.2 Å². The van der Waals surface area contributed by atoms with Crippen LogP contribution in [0, 0.1) is 5.92 Å². The van der Waals surface area contributed by atoms with Gasteiger partial charge in [-0.1, -0.05) is 11.6 Å². The molecule has 3 aliphatic rings. The summed E-state index contributed by atoms with van der Waals surface area (Å²) < 4.78 is 16.6. The lowest BCUT2D eigenvalue weighted by Crippen LogP contribution is -2.37. The van der Waals surface area contributed by atoms with E-state index in [0.717, 1.165) is 18.8 Å². The Bertz CT molecular complexity index is 1040. The summed E-state index contributed by atoms with van der Waals surface area (Å²) in [7, 11) is 0. The van der Waals surface area contributed by atoms with E-state index in [-0.39, 0.29) is 18.2 Å². The highest BCUT2D eigenvalue weighted by atomic mass is 35.5. The van der Waals surface area contributed by atoms with Gasteiger partial charge in [-0.15, -0.1) is 0 Å². The predicted octanol–water partition coefficient (Wildman–Crippen LogP) is 2.94. The van der Waals surface area contributed by atoms with Crippen molar-refractivity contribution in [3.63, 3.8) is 0 Å². The number of ether oxygens (including phenoxy) is 3. The van der Waals surface area contributed by atoms with Gasteiger partial charge in [0.25, 0.3) is 0 Å². The fraction of sp³-hybridized carbons (Fsp3) is 0.391. The van der Waals surface area contributed by atoms with Crippen molar-refractivity contribution >= 4 is 40.5 Å². The summed E-state index contributed by atoms with van der Waals surface area (Å²) in [4.78, 5) is 29.6. The molecule has 2 fully saturated rings. The molecule has 0 bridgehead atoms. The molecule has 0 saturated carbocycles. The molecule has 0 spiro atoms. The minimum Gasteiger partial charge on any atom is -0.486 e. The van der Waals surface area contributed by atoms with Crippen molar-refractivity contribution in [2.45, 2.75) is 6.42 Å². The van der Waals surface area contributed by atoms with Crippen molar-refractivity contribution in [3.8, 4) is 11.5 Å². The summed E-state index contributed by atoms with van der Waals surface area (Å²) in [5.74, 6) is 0.518. The zero-order chi connectivity index (χ0) is 22.1. The quantitative estimate of drug-likeness (QED) is 0.760. The van der Waals surface area contributed by atoms with Gasteiger partial charge >= 0.3 is 0 Å². The van der Waals surface area contributed by atoms with E-state index in [1.165, 1.54) is 0 Å². The van der Waals surface area contributed by atoms with Crippen molar-refractivity contribution in [1.29, 1.82) is 0 Å². The molecule has 5 rings (SSSR count). The van der Waals surface area contributed by atoms with Gasteiger partial charge in [0.1, 0.15) is 13.2 Å². The highest BCUT2D eigenvalue weighted by Crippen LogP contribution is 2.36. The lowest BCUT2D eigenvalue weighted by molar-refractivity contribution is -0.122. The van der Waals surface area contributed by atoms with E-state index in [4.69, 9.17) is 25.8 Å². The van der Waals surface area contributed by atoms with Gasteiger partial charge in [-0.25, -0.2) is 0 Å². The van der Waals surface area contributed by atoms with Crippen LogP contribution >= 0.6 is 11.6 Å². The molecule has 2 amide bonds. The number of nitrogens with zero attached hydrogens (tertiary/aromatic N) is 2. The fourth-order valence-corrected chi connectivity index (χ4v) is 4.43. The second-order valence-electron chi connectivity index (χ2n) is 7.98. The first-order chi connectivity index (χ1) is 15.6. The van der Waals surface area contributed by atoms with Crippen LogP contribution in [0.3, 0.4) is 0 Å². The molecule has 32 heavy (non-hydrogen) atoms. The summed E-state index contributed by atoms with van der Waals surface area (Å²) in [5.41, 5.74) is 2.25. The number of anilines is 3. The summed E-state index contributed by atoms with van der Waals surface area (Å²) in [6.07, 6.45) is 0.147. The maximum absolute atomic E-state index is 13.1. The first-order valence-electron chi connectivity index (χ1n) is 10.7. The molecule has 1 atom stereocenters. The Morgan fingerprint density at radius 1 is 1.00 bits per heavy atom. The second kappa shape index (κ2) is 8.88. The molecule has 1 unspecified atom stereocenters. The lowest BCUT2D eigenvalue weighted by Gasteiger charge is -2.30. The smallest absolute Gasteiger partial charge is 0.229 e. The van der Waals surface area contributed by atoms with Crippen LogP contribution in [0.15, 0.2) is 36.4 Å². The zero-order valence-corrected chi connectivity index (χ0v) is 18.3. The van der Waals surface area contributed by atoms with Gasteiger partial charge in [-0.05, 0) is 30.3 Å². The van der Waals surface area contributed by atoms with Crippen molar-refractivity contribution < 1.29 is 23.8 Å². The topological polar surface area (TPSA) is 80.3 Å². The van der Waals surface area contributed by atoms with E-state index in [0.29, 0.717) is 60.9 Å². The number of halogens is 1. The van der Waals surface area contributed by atoms with Crippen LogP contribution in [0.2, 0.25) is 5.02 Å². The highest BCUT2D eigenvalue weighted by molar-refractivity contribution is 6.31. The first kappa shape index (κ1) is 20.9. The van der Waals surface area contributed by atoms with Gasteiger partial charge in [0, 0.05) is 42.8 Å². The average molecular weight is 458 g/mol. The van der Waals surface area contributed by atoms with Crippen LogP contribution in [0.25, 0.3) is 0 Å². The molecule has 2 aromatic rings. The largest absolute Gasteiger partial charge is 0.486 e. The Balaban J connectivity index is 1.31. The van der Waals surface area contributed by atoms with E-state index < -0.39 is 5.92 Å². The number of rotatable bonds is 4. The molecule has 8 nitrogen and oxygen atoms in total. The average Bonchev–Trinajstić information content (AvgIpc) is 3.21. The zero-order valence-electron chi connectivity index (χ0n) is 17.5. The maximum Gasteiger partial charge on any atom is 0.229 e. The number of carbonyl (C=O) groups is 2. The number of morpholine rings is 1. The van der Waals surface area contributed by atoms with Gasteiger partial charge in [0.15, 0.2) is 11.5 Å². The molecular weight excluding hydrogens is 434 g/mol. The van der Waals surface area contributed by atoms with E-state index >= 15 is 0 Å². The van der Waals surface area contributed by atoms with Gasteiger partial charge in [0.05, 0.1) is 30.5 Å². The number of fused-ring (bicyclic) bond motifs is 1. The summed E-state index contributed by atoms with van der Waals surface area (Å²) in [5, 5.41) is 3.54. The fourth-order valence-electron chi connectivity index (χ4n) is 4.26. The third kappa shape index (κ3) is 4.20. The van der Waals surface area contributed by atoms with E-state index in [1.54, 1.807) is 23.1 Å². The highest BCUT2D eigenvalue weighted by Gasteiger charge is 2.36. The van der Waals surface area contributed by atoms with Crippen LogP contribution in [0.5, 0.6) is 11.5 Å². The molecule has 9 heteroatoms. The Kier molecular flexibility index (Phi) is 5.80. The summed E-state index contributed by atoms with van der Waals surface area (Å²) >= 11 is 6.20. The molecule has 3 heterocycles. The molecule has 0 aliphatic carbocycles. The summed E-state index contributed by atoms with van der Waals surface area (Å²) in [6.45, 7) is 4.04. The van der Waals surface area contributed by atoms with Crippen LogP contribution in [0.4, 0.5) is 17.1 Å². The van der Waals surface area contributed by atoms with Crippen molar-refractivity contribution in [3.05, 3.63) is 41.4 Å². The third-order valence-corrected chi connectivity index (χ3v) is 6.14. The second-order valence-corrected chi connectivity index (χ2v) is 8.42. The van der Waals surface area contributed by atoms with Gasteiger partial charge < -0.3 is 29.3 Å². The van der Waals surface area contributed by atoms with Gasteiger partial charge in [-0.2, -0.15) is 0 Å².